The average molecular weight is 496 g/mol. The Morgan fingerprint density at radius 3 is 2.59 bits per heavy atom. The van der Waals surface area contributed by atoms with Crippen LogP contribution in [0, 0.1) is 0 Å². The van der Waals surface area contributed by atoms with Crippen LogP contribution in [0.1, 0.15) is 11.1 Å². The Balaban J connectivity index is 1.80. The van der Waals surface area contributed by atoms with Gasteiger partial charge in [0.25, 0.3) is 10.0 Å². The quantitative estimate of drug-likeness (QED) is 0.544. The summed E-state index contributed by atoms with van der Waals surface area (Å²) in [7, 11) is -2.54. The molecule has 0 atom stereocenters. The Morgan fingerprint density at radius 1 is 1.10 bits per heavy atom. The van der Waals surface area contributed by atoms with Gasteiger partial charge in [-0.05, 0) is 29.3 Å². The summed E-state index contributed by atoms with van der Waals surface area (Å²) in [5.74, 6) is 0. The fourth-order valence-electron chi connectivity index (χ4n) is 3.25. The van der Waals surface area contributed by atoms with E-state index in [0.717, 1.165) is 14.3 Å². The summed E-state index contributed by atoms with van der Waals surface area (Å²) >= 11 is 9.51. The lowest BCUT2D eigenvalue weighted by Crippen LogP contribution is -2.50. The van der Waals surface area contributed by atoms with Crippen LogP contribution in [-0.2, 0) is 30.2 Å². The molecule has 0 saturated heterocycles. The van der Waals surface area contributed by atoms with Crippen LogP contribution in [0.5, 0.6) is 0 Å². The van der Waals surface area contributed by atoms with E-state index >= 15 is 0 Å². The Labute approximate surface area is 181 Å². The van der Waals surface area contributed by atoms with E-state index in [9.17, 15) is 13.2 Å². The van der Waals surface area contributed by atoms with Crippen molar-refractivity contribution in [1.29, 1.82) is 0 Å². The molecular formula is C19H16BrClN4O3S. The number of carbonyl (C=O) groups excluding carboxylic acids is 1. The Hall–Kier alpha value is -2.36. The zero-order valence-electron chi connectivity index (χ0n) is 15.3. The van der Waals surface area contributed by atoms with Gasteiger partial charge in [0.15, 0.2) is 5.03 Å². The number of hydrogen-bond donors (Lipinski definition) is 0. The van der Waals surface area contributed by atoms with Crippen molar-refractivity contribution in [2.45, 2.75) is 18.1 Å². The number of nitrogens with zero attached hydrogens (tertiary/aromatic N) is 4. The third kappa shape index (κ3) is 3.54. The van der Waals surface area contributed by atoms with E-state index in [1.165, 1.54) is 15.8 Å². The standard InChI is InChI=1S/C19H16BrClN4O3S/c1-23-18-17(10-22-23)24(12-14-6-2-3-8-16(14)20)19(26)25(29(18,27)28)11-13-5-4-7-15(21)9-13/h2-10H,11-12H2,1H3. The van der Waals surface area contributed by atoms with Crippen LogP contribution in [0.2, 0.25) is 5.02 Å². The van der Waals surface area contributed by atoms with Crippen LogP contribution in [-0.4, -0.2) is 28.5 Å². The van der Waals surface area contributed by atoms with E-state index in [1.807, 2.05) is 24.3 Å². The highest BCUT2D eigenvalue weighted by molar-refractivity contribution is 9.10. The summed E-state index contributed by atoms with van der Waals surface area (Å²) in [6, 6.07) is 13.6. The van der Waals surface area contributed by atoms with E-state index in [0.29, 0.717) is 10.6 Å². The first-order valence-electron chi connectivity index (χ1n) is 8.63. The summed E-state index contributed by atoms with van der Waals surface area (Å²) < 4.78 is 29.4. The molecule has 4 rings (SSSR count). The van der Waals surface area contributed by atoms with Crippen molar-refractivity contribution in [2.75, 3.05) is 4.90 Å². The van der Waals surface area contributed by atoms with Crippen molar-refractivity contribution >= 4 is 49.3 Å². The number of aromatic nitrogens is 2. The predicted octanol–water partition coefficient (Wildman–Crippen LogP) is 4.17. The summed E-state index contributed by atoms with van der Waals surface area (Å²) in [6.45, 7) is 0.0688. The number of anilines is 1. The second-order valence-corrected chi connectivity index (χ2v) is 9.63. The maximum absolute atomic E-state index is 13.3. The zero-order valence-corrected chi connectivity index (χ0v) is 18.4. The summed E-state index contributed by atoms with van der Waals surface area (Å²) in [5, 5.41) is 4.53. The van der Waals surface area contributed by atoms with Crippen LogP contribution in [0.25, 0.3) is 0 Å². The SMILES string of the molecule is Cn1ncc2c1S(=O)(=O)N(Cc1cccc(Cl)c1)C(=O)N2Cc1ccccc1Br. The number of sulfonamides is 1. The molecule has 0 aliphatic carbocycles. The lowest BCUT2D eigenvalue weighted by atomic mass is 10.2. The molecule has 0 radical (unpaired) electrons. The molecule has 2 aromatic carbocycles. The normalized spacial score (nSPS) is 15.5. The third-order valence-corrected chi connectivity index (χ3v) is 7.47. The van der Waals surface area contributed by atoms with E-state index in [1.54, 1.807) is 31.3 Å². The number of hydrogen-bond acceptors (Lipinski definition) is 4. The molecule has 1 aliphatic heterocycles. The molecule has 0 bridgehead atoms. The predicted molar refractivity (Wildman–Crippen MR) is 113 cm³/mol. The zero-order chi connectivity index (χ0) is 20.8. The molecule has 150 valence electrons. The number of fused-ring (bicyclic) bond motifs is 1. The van der Waals surface area contributed by atoms with E-state index in [4.69, 9.17) is 11.6 Å². The van der Waals surface area contributed by atoms with Crippen molar-refractivity contribution in [1.82, 2.24) is 14.1 Å². The first-order chi connectivity index (χ1) is 13.8. The van der Waals surface area contributed by atoms with Gasteiger partial charge in [-0.3, -0.25) is 9.58 Å². The van der Waals surface area contributed by atoms with Crippen LogP contribution >= 0.6 is 27.5 Å². The molecule has 2 heterocycles. The number of amides is 2. The average Bonchev–Trinajstić information content (AvgIpc) is 3.06. The van der Waals surface area contributed by atoms with Crippen LogP contribution in [0.15, 0.2) is 64.2 Å². The van der Waals surface area contributed by atoms with Gasteiger partial charge in [-0.15, -0.1) is 0 Å². The Bertz CT molecular complexity index is 1210. The smallest absolute Gasteiger partial charge is 0.284 e. The van der Waals surface area contributed by atoms with Gasteiger partial charge in [0.05, 0.1) is 19.3 Å². The maximum atomic E-state index is 13.3. The van der Waals surface area contributed by atoms with E-state index in [2.05, 4.69) is 21.0 Å². The van der Waals surface area contributed by atoms with Gasteiger partial charge in [0.2, 0.25) is 0 Å². The maximum Gasteiger partial charge on any atom is 0.339 e. The molecule has 0 N–H and O–H groups in total. The van der Waals surface area contributed by atoms with Gasteiger partial charge >= 0.3 is 6.03 Å². The van der Waals surface area contributed by atoms with Crippen molar-refractivity contribution in [3.05, 3.63) is 75.4 Å². The highest BCUT2D eigenvalue weighted by Crippen LogP contribution is 2.36. The topological polar surface area (TPSA) is 75.5 Å². The molecule has 7 nitrogen and oxygen atoms in total. The molecule has 29 heavy (non-hydrogen) atoms. The second kappa shape index (κ2) is 7.47. The number of urea groups is 1. The summed E-state index contributed by atoms with van der Waals surface area (Å²) in [6.07, 6.45) is 1.40. The number of rotatable bonds is 4. The van der Waals surface area contributed by atoms with Crippen molar-refractivity contribution in [3.8, 4) is 0 Å². The highest BCUT2D eigenvalue weighted by Gasteiger charge is 2.44. The van der Waals surface area contributed by atoms with Gasteiger partial charge in [-0.2, -0.15) is 13.5 Å². The van der Waals surface area contributed by atoms with Crippen molar-refractivity contribution in [2.24, 2.45) is 7.05 Å². The van der Waals surface area contributed by atoms with Gasteiger partial charge in [0, 0.05) is 16.5 Å². The van der Waals surface area contributed by atoms with Gasteiger partial charge in [-0.1, -0.05) is 57.9 Å². The summed E-state index contributed by atoms with van der Waals surface area (Å²) in [5.41, 5.74) is 1.72. The fourth-order valence-corrected chi connectivity index (χ4v) is 5.51. The largest absolute Gasteiger partial charge is 0.339 e. The molecule has 0 saturated carbocycles. The van der Waals surface area contributed by atoms with Crippen LogP contribution in [0.3, 0.4) is 0 Å². The van der Waals surface area contributed by atoms with Crippen molar-refractivity contribution < 1.29 is 13.2 Å². The minimum Gasteiger partial charge on any atom is -0.284 e. The molecule has 0 spiro atoms. The van der Waals surface area contributed by atoms with Gasteiger partial charge < -0.3 is 0 Å². The third-order valence-electron chi connectivity index (χ3n) is 4.64. The number of aryl methyl sites for hydroxylation is 1. The number of carbonyl (C=O) groups is 1. The molecule has 3 aromatic rings. The number of halogens is 2. The molecule has 0 unspecified atom stereocenters. The lowest BCUT2D eigenvalue weighted by molar-refractivity contribution is 0.225. The summed E-state index contributed by atoms with van der Waals surface area (Å²) in [4.78, 5) is 14.7. The van der Waals surface area contributed by atoms with Gasteiger partial charge in [-0.25, -0.2) is 9.10 Å². The Kier molecular flexibility index (Phi) is 5.14. The van der Waals surface area contributed by atoms with E-state index < -0.39 is 16.1 Å². The first-order valence-corrected chi connectivity index (χ1v) is 11.2. The van der Waals surface area contributed by atoms with Crippen LogP contribution < -0.4 is 4.90 Å². The highest BCUT2D eigenvalue weighted by atomic mass is 79.9. The molecule has 1 aliphatic rings. The van der Waals surface area contributed by atoms with Crippen LogP contribution in [0.4, 0.5) is 10.5 Å². The lowest BCUT2D eigenvalue weighted by Gasteiger charge is -2.34. The first kappa shape index (κ1) is 19.9. The molecule has 0 fully saturated rings. The Morgan fingerprint density at radius 2 is 1.86 bits per heavy atom. The fraction of sp³-hybridized carbons (Fsp3) is 0.158. The minimum atomic E-state index is -4.08. The molecule has 1 aromatic heterocycles. The second-order valence-electron chi connectivity index (χ2n) is 6.56. The minimum absolute atomic E-state index is 0.0221. The molecule has 10 heteroatoms. The van der Waals surface area contributed by atoms with Gasteiger partial charge in [0.1, 0.15) is 5.69 Å². The molecular weight excluding hydrogens is 480 g/mol. The van der Waals surface area contributed by atoms with Crippen molar-refractivity contribution in [3.63, 3.8) is 0 Å². The number of benzene rings is 2. The van der Waals surface area contributed by atoms with E-state index in [-0.39, 0.29) is 23.8 Å². The monoisotopic (exact) mass is 494 g/mol. The molecule has 2 amide bonds.